The van der Waals surface area contributed by atoms with Gasteiger partial charge in [-0.15, -0.1) is 0 Å². The van der Waals surface area contributed by atoms with Gasteiger partial charge in [0, 0.05) is 41.3 Å². The maximum Gasteiger partial charge on any atom is 0.231 e. The van der Waals surface area contributed by atoms with Crippen molar-refractivity contribution >= 4 is 5.91 Å². The summed E-state index contributed by atoms with van der Waals surface area (Å²) >= 11 is 0. The second kappa shape index (κ2) is 10.1. The van der Waals surface area contributed by atoms with E-state index in [1.54, 1.807) is 0 Å². The fraction of sp³-hybridized carbons (Fsp3) is 0.581. The highest BCUT2D eigenvalue weighted by atomic mass is 16.7. The Balaban J connectivity index is 1.48. The number of aliphatic hydroxyl groups is 1. The second-order valence-corrected chi connectivity index (χ2v) is 12.0. The normalized spacial score (nSPS) is 26.7. The molecule has 4 N–H and O–H groups in total. The Morgan fingerprint density at radius 3 is 2.52 bits per heavy atom. The largest absolute Gasteiger partial charge is 0.507 e. The molecule has 9 heteroatoms. The standard InChI is InChI=1S/C31H41N3O6/c1-6-7-8-9-23(35)32-13-22-25-19(27(36)17(4)29-30(25)40-14-39-29)12-20-26-24-18(10-15(2)16(3)28(24)37)11-21(33(26)5)31(38)34(20)22/h10,20-22,26,31,36-38H,6-9,11-14H2,1-5H3,(H,32,35)/t20?,21-,22-,26-,31-/m0/s1. The Kier molecular flexibility index (Phi) is 6.87. The number of benzene rings is 2. The Bertz CT molecular complexity index is 1360. The summed E-state index contributed by atoms with van der Waals surface area (Å²) in [5.41, 5.74) is 6.00. The third-order valence-electron chi connectivity index (χ3n) is 9.79. The molecule has 2 aromatic rings. The van der Waals surface area contributed by atoms with Crippen molar-refractivity contribution in [1.29, 1.82) is 0 Å². The van der Waals surface area contributed by atoms with Gasteiger partial charge in [-0.25, -0.2) is 0 Å². The summed E-state index contributed by atoms with van der Waals surface area (Å²) in [5, 5.41) is 38.0. The van der Waals surface area contributed by atoms with E-state index in [-0.39, 0.29) is 43.1 Å². The van der Waals surface area contributed by atoms with E-state index in [0.29, 0.717) is 42.1 Å². The lowest BCUT2D eigenvalue weighted by Gasteiger charge is -2.60. The van der Waals surface area contributed by atoms with Crippen LogP contribution in [0.3, 0.4) is 0 Å². The molecule has 1 unspecified atom stereocenters. The fourth-order valence-electron chi connectivity index (χ4n) is 7.55. The van der Waals surface area contributed by atoms with Gasteiger partial charge in [0.25, 0.3) is 0 Å². The zero-order chi connectivity index (χ0) is 28.5. The number of unbranched alkanes of at least 4 members (excludes halogenated alkanes) is 2. The van der Waals surface area contributed by atoms with Gasteiger partial charge in [0.2, 0.25) is 12.7 Å². The molecular weight excluding hydrogens is 510 g/mol. The summed E-state index contributed by atoms with van der Waals surface area (Å²) in [4.78, 5) is 17.1. The van der Waals surface area contributed by atoms with Crippen LogP contribution in [0, 0.1) is 20.8 Å². The van der Waals surface area contributed by atoms with E-state index >= 15 is 0 Å². The molecule has 5 atom stereocenters. The van der Waals surface area contributed by atoms with Gasteiger partial charge in [-0.05, 0) is 63.8 Å². The first-order valence-corrected chi connectivity index (χ1v) is 14.6. The highest BCUT2D eigenvalue weighted by molar-refractivity contribution is 5.76. The van der Waals surface area contributed by atoms with Crippen molar-refractivity contribution in [1.82, 2.24) is 15.1 Å². The third kappa shape index (κ3) is 3.96. The van der Waals surface area contributed by atoms with Crippen molar-refractivity contribution in [3.63, 3.8) is 0 Å². The number of hydrogen-bond acceptors (Lipinski definition) is 8. The summed E-state index contributed by atoms with van der Waals surface area (Å²) in [7, 11) is 2.01. The molecule has 1 saturated heterocycles. The number of aliphatic hydroxyl groups excluding tert-OH is 1. The number of carbonyl (C=O) groups is 1. The number of nitrogens with zero attached hydrogens (tertiary/aromatic N) is 2. The van der Waals surface area contributed by atoms with Gasteiger partial charge in [0.05, 0.1) is 18.1 Å². The lowest BCUT2D eigenvalue weighted by molar-refractivity contribution is -0.172. The number of carbonyl (C=O) groups excluding carboxylic acids is 1. The molecular formula is C31H41N3O6. The minimum Gasteiger partial charge on any atom is -0.507 e. The predicted octanol–water partition coefficient (Wildman–Crippen LogP) is 3.65. The van der Waals surface area contributed by atoms with Crippen molar-refractivity contribution < 1.29 is 29.6 Å². The maximum atomic E-state index is 12.9. The first kappa shape index (κ1) is 27.2. The molecule has 4 heterocycles. The number of ether oxygens (including phenoxy) is 2. The first-order chi connectivity index (χ1) is 19.1. The van der Waals surface area contributed by atoms with E-state index in [2.05, 4.69) is 28.1 Å². The van der Waals surface area contributed by atoms with E-state index < -0.39 is 12.3 Å². The number of nitrogens with one attached hydrogen (secondary N) is 1. The van der Waals surface area contributed by atoms with E-state index in [9.17, 15) is 20.1 Å². The molecule has 2 aromatic carbocycles. The zero-order valence-corrected chi connectivity index (χ0v) is 24.1. The molecule has 0 aliphatic carbocycles. The molecule has 4 aliphatic rings. The van der Waals surface area contributed by atoms with Crippen molar-refractivity contribution in [3.8, 4) is 23.0 Å². The van der Waals surface area contributed by atoms with Gasteiger partial charge < -0.3 is 30.1 Å². The summed E-state index contributed by atoms with van der Waals surface area (Å²) in [6.45, 7) is 8.20. The Morgan fingerprint density at radius 1 is 1.02 bits per heavy atom. The molecule has 1 amide bonds. The predicted molar refractivity (Wildman–Crippen MR) is 150 cm³/mol. The molecule has 2 bridgehead atoms. The minimum atomic E-state index is -0.834. The van der Waals surface area contributed by atoms with Crippen LogP contribution in [0.2, 0.25) is 0 Å². The smallest absolute Gasteiger partial charge is 0.231 e. The first-order valence-electron chi connectivity index (χ1n) is 14.6. The van der Waals surface area contributed by atoms with E-state index in [1.165, 1.54) is 0 Å². The quantitative estimate of drug-likeness (QED) is 0.403. The summed E-state index contributed by atoms with van der Waals surface area (Å²) in [5.74, 6) is 1.55. The Labute approximate surface area is 235 Å². The summed E-state index contributed by atoms with van der Waals surface area (Å²) < 4.78 is 11.7. The van der Waals surface area contributed by atoms with Crippen LogP contribution in [0.5, 0.6) is 23.0 Å². The van der Waals surface area contributed by atoms with Gasteiger partial charge in [-0.2, -0.15) is 0 Å². The van der Waals surface area contributed by atoms with Crippen molar-refractivity contribution in [2.45, 2.75) is 96.6 Å². The average molecular weight is 552 g/mol. The number of rotatable bonds is 6. The van der Waals surface area contributed by atoms with Gasteiger partial charge in [-0.3, -0.25) is 14.6 Å². The number of hydrogen-bond donors (Lipinski definition) is 4. The molecule has 0 saturated carbocycles. The van der Waals surface area contributed by atoms with Crippen molar-refractivity contribution in [2.24, 2.45) is 0 Å². The van der Waals surface area contributed by atoms with Crippen LogP contribution < -0.4 is 14.8 Å². The SMILES string of the molecule is CCCCCC(=O)NC[C@H]1c2c(c(O)c(C)c3c2OCO3)CC2[C@H]3c4c(cc(C)c(C)c4O)C[C@@H]([C@H](O)N21)N3C. The molecule has 216 valence electrons. The number of phenolic OH excluding ortho intramolecular Hbond substituents is 2. The van der Waals surface area contributed by atoms with Crippen LogP contribution >= 0.6 is 0 Å². The molecule has 0 radical (unpaired) electrons. The molecule has 1 fully saturated rings. The molecule has 9 nitrogen and oxygen atoms in total. The number of fused-ring (bicyclic) bond motifs is 9. The highest BCUT2D eigenvalue weighted by Crippen LogP contribution is 2.57. The average Bonchev–Trinajstić information content (AvgIpc) is 3.42. The van der Waals surface area contributed by atoms with Crippen LogP contribution in [0.25, 0.3) is 0 Å². The van der Waals surface area contributed by atoms with Crippen LogP contribution in [-0.4, -0.2) is 69.7 Å². The summed E-state index contributed by atoms with van der Waals surface area (Å²) in [6, 6.07) is 1.02. The molecule has 40 heavy (non-hydrogen) atoms. The lowest BCUT2D eigenvalue weighted by atomic mass is 9.73. The second-order valence-electron chi connectivity index (χ2n) is 12.0. The number of amides is 1. The molecule has 6 rings (SSSR count). The topological polar surface area (TPSA) is 115 Å². The number of phenols is 2. The molecule has 0 spiro atoms. The maximum absolute atomic E-state index is 12.9. The number of aryl methyl sites for hydroxylation is 1. The number of piperazine rings is 1. The summed E-state index contributed by atoms with van der Waals surface area (Å²) in [6.07, 6.45) is 3.52. The van der Waals surface area contributed by atoms with Crippen LogP contribution in [0.15, 0.2) is 6.07 Å². The van der Waals surface area contributed by atoms with E-state index in [4.69, 9.17) is 9.47 Å². The van der Waals surface area contributed by atoms with Gasteiger partial charge in [0.1, 0.15) is 17.7 Å². The monoisotopic (exact) mass is 551 g/mol. The van der Waals surface area contributed by atoms with Gasteiger partial charge in [0.15, 0.2) is 11.5 Å². The van der Waals surface area contributed by atoms with Crippen LogP contribution in [0.4, 0.5) is 0 Å². The van der Waals surface area contributed by atoms with E-state index in [0.717, 1.165) is 52.6 Å². The van der Waals surface area contributed by atoms with Crippen molar-refractivity contribution in [2.75, 3.05) is 20.4 Å². The van der Waals surface area contributed by atoms with Gasteiger partial charge >= 0.3 is 0 Å². The highest BCUT2D eigenvalue weighted by Gasteiger charge is 2.56. The Hall–Kier alpha value is -3.01. The lowest BCUT2D eigenvalue weighted by Crippen LogP contribution is -2.69. The minimum absolute atomic E-state index is 0.0276. The van der Waals surface area contributed by atoms with Crippen molar-refractivity contribution in [3.05, 3.63) is 45.0 Å². The number of likely N-dealkylation sites (N-methyl/N-ethyl adjacent to an activating group) is 1. The Morgan fingerprint density at radius 2 is 1.77 bits per heavy atom. The number of aromatic hydroxyl groups is 2. The molecule has 4 aliphatic heterocycles. The van der Waals surface area contributed by atoms with E-state index in [1.807, 2.05) is 27.8 Å². The third-order valence-corrected chi connectivity index (χ3v) is 9.79. The van der Waals surface area contributed by atoms with Gasteiger partial charge in [-0.1, -0.05) is 25.8 Å². The zero-order valence-electron chi connectivity index (χ0n) is 24.1. The molecule has 0 aromatic heterocycles. The van der Waals surface area contributed by atoms with Crippen LogP contribution in [-0.2, 0) is 17.6 Å². The fourth-order valence-corrected chi connectivity index (χ4v) is 7.55. The van der Waals surface area contributed by atoms with Crippen LogP contribution in [0.1, 0.15) is 83.6 Å².